The highest BCUT2D eigenvalue weighted by Gasteiger charge is 2.19. The van der Waals surface area contributed by atoms with Crippen molar-refractivity contribution in [1.29, 1.82) is 0 Å². The van der Waals surface area contributed by atoms with E-state index in [0.29, 0.717) is 11.5 Å². The van der Waals surface area contributed by atoms with E-state index in [2.05, 4.69) is 0 Å². The Labute approximate surface area is 37.1 Å². The average Bonchev–Trinajstić information content (AvgIpc) is 1.32. The van der Waals surface area contributed by atoms with Crippen LogP contribution in [0.1, 0.15) is 6.42 Å². The lowest BCUT2D eigenvalue weighted by molar-refractivity contribution is 0.580. The van der Waals surface area contributed by atoms with Crippen molar-refractivity contribution in [2.45, 2.75) is 6.42 Å². The standard InChI is InChI=1S/C3H6O2S/c4-6(5)2-1-3-6/h1-3H2. The van der Waals surface area contributed by atoms with Crippen molar-refractivity contribution in [3.8, 4) is 0 Å². The van der Waals surface area contributed by atoms with Crippen molar-refractivity contribution in [3.63, 3.8) is 0 Å². The molecule has 0 radical (unpaired) electrons. The van der Waals surface area contributed by atoms with Gasteiger partial charge in [0.1, 0.15) is 9.84 Å². The van der Waals surface area contributed by atoms with Gasteiger partial charge in [-0.25, -0.2) is 8.42 Å². The molecular weight excluding hydrogens is 100 g/mol. The maximum Gasteiger partial charge on any atom is 0.150 e. The molecule has 0 aliphatic carbocycles. The third-order valence-electron chi connectivity index (χ3n) is 0.911. The Balaban J connectivity index is 2.78. The average molecular weight is 106 g/mol. The van der Waals surface area contributed by atoms with Gasteiger partial charge in [0.25, 0.3) is 0 Å². The van der Waals surface area contributed by atoms with E-state index in [1.54, 1.807) is 0 Å². The van der Waals surface area contributed by atoms with Crippen LogP contribution in [0.4, 0.5) is 0 Å². The SMILES string of the molecule is O=S1(=O)CCC1. The minimum Gasteiger partial charge on any atom is -0.229 e. The predicted octanol–water partition coefficient (Wildman–Crippen LogP) is -0.195. The Kier molecular flexibility index (Phi) is 0.662. The number of sulfone groups is 1. The van der Waals surface area contributed by atoms with Crippen molar-refractivity contribution in [2.24, 2.45) is 0 Å². The van der Waals surface area contributed by atoms with Crippen LogP contribution in [0.3, 0.4) is 0 Å². The summed E-state index contributed by atoms with van der Waals surface area (Å²) in [6, 6.07) is 0. The monoisotopic (exact) mass is 106 g/mol. The molecule has 1 saturated heterocycles. The van der Waals surface area contributed by atoms with Crippen LogP contribution in [0.15, 0.2) is 0 Å². The fraction of sp³-hybridized carbons (Fsp3) is 1.00. The minimum absolute atomic E-state index is 0.424. The van der Waals surface area contributed by atoms with Gasteiger partial charge in [-0.05, 0) is 6.42 Å². The Hall–Kier alpha value is -0.0500. The summed E-state index contributed by atoms with van der Waals surface area (Å²) in [6.07, 6.45) is 0.877. The van der Waals surface area contributed by atoms with Gasteiger partial charge in [-0.3, -0.25) is 0 Å². The topological polar surface area (TPSA) is 34.1 Å². The molecule has 0 bridgehead atoms. The molecule has 1 rings (SSSR count). The van der Waals surface area contributed by atoms with Crippen molar-refractivity contribution < 1.29 is 8.42 Å². The van der Waals surface area contributed by atoms with Gasteiger partial charge < -0.3 is 0 Å². The number of rotatable bonds is 0. The maximum atomic E-state index is 10.1. The van der Waals surface area contributed by atoms with Gasteiger partial charge in [-0.2, -0.15) is 0 Å². The zero-order chi connectivity index (χ0) is 4.62. The van der Waals surface area contributed by atoms with Gasteiger partial charge in [0.05, 0.1) is 11.5 Å². The van der Waals surface area contributed by atoms with Crippen LogP contribution in [0.25, 0.3) is 0 Å². The molecule has 2 nitrogen and oxygen atoms in total. The molecule has 6 heavy (non-hydrogen) atoms. The van der Waals surface area contributed by atoms with E-state index >= 15 is 0 Å². The second-order valence-corrected chi connectivity index (χ2v) is 3.81. The molecule has 0 spiro atoms. The first-order valence-electron chi connectivity index (χ1n) is 1.91. The molecule has 0 unspecified atom stereocenters. The summed E-state index contributed by atoms with van der Waals surface area (Å²) < 4.78 is 20.2. The molecule has 0 atom stereocenters. The van der Waals surface area contributed by atoms with E-state index in [-0.39, 0.29) is 0 Å². The molecular formula is C3H6O2S. The molecule has 3 heteroatoms. The summed E-state index contributed by atoms with van der Waals surface area (Å²) in [4.78, 5) is 0. The fourth-order valence-corrected chi connectivity index (χ4v) is 1.14. The molecule has 1 heterocycles. The Morgan fingerprint density at radius 1 is 1.17 bits per heavy atom. The summed E-state index contributed by atoms with van der Waals surface area (Å²) in [7, 11) is -2.48. The van der Waals surface area contributed by atoms with Crippen molar-refractivity contribution >= 4 is 9.84 Å². The van der Waals surface area contributed by atoms with E-state index in [9.17, 15) is 8.42 Å². The quantitative estimate of drug-likeness (QED) is 0.428. The second-order valence-electron chi connectivity index (χ2n) is 1.51. The predicted molar refractivity (Wildman–Crippen MR) is 23.3 cm³/mol. The van der Waals surface area contributed by atoms with Gasteiger partial charge in [0, 0.05) is 0 Å². The highest BCUT2D eigenvalue weighted by Crippen LogP contribution is 2.06. The first-order valence-corrected chi connectivity index (χ1v) is 3.73. The van der Waals surface area contributed by atoms with E-state index in [4.69, 9.17) is 0 Å². The highest BCUT2D eigenvalue weighted by atomic mass is 32.2. The molecule has 1 aliphatic heterocycles. The second kappa shape index (κ2) is 0.964. The molecule has 0 aromatic carbocycles. The molecule has 36 valence electrons. The molecule has 0 N–H and O–H groups in total. The van der Waals surface area contributed by atoms with Crippen LogP contribution in [-0.4, -0.2) is 19.9 Å². The van der Waals surface area contributed by atoms with Crippen molar-refractivity contribution in [2.75, 3.05) is 11.5 Å². The van der Waals surface area contributed by atoms with Crippen LogP contribution in [0.2, 0.25) is 0 Å². The molecule has 1 fully saturated rings. The summed E-state index contributed by atoms with van der Waals surface area (Å²) >= 11 is 0. The van der Waals surface area contributed by atoms with E-state index in [1.807, 2.05) is 0 Å². The molecule has 0 amide bonds. The first kappa shape index (κ1) is 4.12. The number of hydrogen-bond donors (Lipinski definition) is 0. The molecule has 0 saturated carbocycles. The zero-order valence-corrected chi connectivity index (χ0v) is 4.16. The Morgan fingerprint density at radius 3 is 1.50 bits per heavy atom. The molecule has 1 aliphatic rings. The normalized spacial score (nSPS) is 28.7. The van der Waals surface area contributed by atoms with E-state index < -0.39 is 9.84 Å². The lowest BCUT2D eigenvalue weighted by Crippen LogP contribution is -2.23. The Bertz CT molecular complexity index is 123. The number of hydrogen-bond acceptors (Lipinski definition) is 2. The van der Waals surface area contributed by atoms with Gasteiger partial charge in [0.15, 0.2) is 0 Å². The zero-order valence-electron chi connectivity index (χ0n) is 3.35. The van der Waals surface area contributed by atoms with Gasteiger partial charge in [-0.15, -0.1) is 0 Å². The van der Waals surface area contributed by atoms with Gasteiger partial charge in [-0.1, -0.05) is 0 Å². The summed E-state index contributed by atoms with van der Waals surface area (Å²) in [6.45, 7) is 0. The molecule has 0 aromatic heterocycles. The van der Waals surface area contributed by atoms with Crippen LogP contribution in [-0.2, 0) is 9.84 Å². The third-order valence-corrected chi connectivity index (χ3v) is 2.73. The third kappa shape index (κ3) is 0.544. The minimum atomic E-state index is -2.48. The lowest BCUT2D eigenvalue weighted by Gasteiger charge is -2.09. The van der Waals surface area contributed by atoms with Crippen molar-refractivity contribution in [1.82, 2.24) is 0 Å². The fourth-order valence-electron chi connectivity index (χ4n) is 0.380. The van der Waals surface area contributed by atoms with Crippen LogP contribution >= 0.6 is 0 Å². The van der Waals surface area contributed by atoms with Crippen LogP contribution in [0, 0.1) is 0 Å². The van der Waals surface area contributed by atoms with Crippen LogP contribution in [0.5, 0.6) is 0 Å². The van der Waals surface area contributed by atoms with Gasteiger partial charge in [0.2, 0.25) is 0 Å². The highest BCUT2D eigenvalue weighted by molar-refractivity contribution is 7.92. The summed E-state index contributed by atoms with van der Waals surface area (Å²) in [5.41, 5.74) is 0. The lowest BCUT2D eigenvalue weighted by atomic mass is 10.5. The largest absolute Gasteiger partial charge is 0.229 e. The van der Waals surface area contributed by atoms with Gasteiger partial charge >= 0.3 is 0 Å². The van der Waals surface area contributed by atoms with E-state index in [0.717, 1.165) is 6.42 Å². The smallest absolute Gasteiger partial charge is 0.150 e. The summed E-state index contributed by atoms with van der Waals surface area (Å²) in [5, 5.41) is 0. The first-order chi connectivity index (χ1) is 2.71. The Morgan fingerprint density at radius 2 is 1.50 bits per heavy atom. The van der Waals surface area contributed by atoms with E-state index in [1.165, 1.54) is 0 Å². The van der Waals surface area contributed by atoms with Crippen LogP contribution < -0.4 is 0 Å². The van der Waals surface area contributed by atoms with Crippen molar-refractivity contribution in [3.05, 3.63) is 0 Å². The molecule has 0 aromatic rings. The summed E-state index contributed by atoms with van der Waals surface area (Å²) in [5.74, 6) is 0.847. The maximum absolute atomic E-state index is 10.1.